The van der Waals surface area contributed by atoms with Crippen LogP contribution in [0, 0.1) is 0 Å². The number of aryl methyl sites for hydroxylation is 1. The summed E-state index contributed by atoms with van der Waals surface area (Å²) in [6, 6.07) is 6.83. The summed E-state index contributed by atoms with van der Waals surface area (Å²) in [4.78, 5) is 20.0. The van der Waals surface area contributed by atoms with E-state index in [-0.39, 0.29) is 23.6 Å². The number of benzene rings is 1. The number of hydrogen-bond acceptors (Lipinski definition) is 6. The van der Waals surface area contributed by atoms with Gasteiger partial charge in [0.25, 0.3) is 0 Å². The van der Waals surface area contributed by atoms with Crippen LogP contribution in [0.5, 0.6) is 5.88 Å². The monoisotopic (exact) mass is 446 g/mol. The normalized spacial score (nSPS) is 11.5. The van der Waals surface area contributed by atoms with Crippen molar-refractivity contribution in [3.8, 4) is 28.5 Å². The Morgan fingerprint density at radius 2 is 1.81 bits per heavy atom. The molecule has 0 radical (unpaired) electrons. The summed E-state index contributed by atoms with van der Waals surface area (Å²) < 4.78 is 45.8. The van der Waals surface area contributed by atoms with Gasteiger partial charge in [-0.05, 0) is 17.2 Å². The van der Waals surface area contributed by atoms with Crippen LogP contribution in [0.3, 0.4) is 0 Å². The molecular weight excluding hydrogens is 433 g/mol. The molecule has 4 aromatic rings. The van der Waals surface area contributed by atoms with E-state index in [1.807, 2.05) is 0 Å². The Bertz CT molecular complexity index is 1200. The van der Waals surface area contributed by atoms with Gasteiger partial charge in [-0.2, -0.15) is 18.2 Å². The minimum absolute atomic E-state index is 0.0215. The lowest BCUT2D eigenvalue weighted by molar-refractivity contribution is -0.140. The third-order valence-electron chi connectivity index (χ3n) is 4.32. The van der Waals surface area contributed by atoms with Crippen molar-refractivity contribution in [2.24, 2.45) is 7.05 Å². The second-order valence-electron chi connectivity index (χ2n) is 6.49. The average molecular weight is 447 g/mol. The van der Waals surface area contributed by atoms with Crippen molar-refractivity contribution in [1.29, 1.82) is 0 Å². The predicted octanol–water partition coefficient (Wildman–Crippen LogP) is 4.59. The number of aromatic nitrogens is 6. The summed E-state index contributed by atoms with van der Waals surface area (Å²) in [6.45, 7) is 0.148. The van der Waals surface area contributed by atoms with Crippen LogP contribution >= 0.6 is 11.6 Å². The Hall–Kier alpha value is -3.53. The molecule has 0 unspecified atom stereocenters. The Morgan fingerprint density at radius 3 is 2.45 bits per heavy atom. The highest BCUT2D eigenvalue weighted by Gasteiger charge is 2.34. The third kappa shape index (κ3) is 4.64. The zero-order chi connectivity index (χ0) is 22.0. The van der Waals surface area contributed by atoms with E-state index >= 15 is 0 Å². The Labute approximate surface area is 179 Å². The lowest BCUT2D eigenvalue weighted by Crippen LogP contribution is -2.04. The molecule has 1 aromatic carbocycles. The summed E-state index contributed by atoms with van der Waals surface area (Å²) >= 11 is 5.90. The molecule has 4 rings (SSSR count). The Kier molecular flexibility index (Phi) is 5.55. The van der Waals surface area contributed by atoms with E-state index < -0.39 is 11.9 Å². The van der Waals surface area contributed by atoms with Gasteiger partial charge in [0, 0.05) is 37.4 Å². The fraction of sp³-hybridized carbons (Fsp3) is 0.150. The lowest BCUT2D eigenvalue weighted by atomic mass is 10.1. The van der Waals surface area contributed by atoms with Gasteiger partial charge < -0.3 is 9.30 Å². The van der Waals surface area contributed by atoms with Gasteiger partial charge in [-0.3, -0.25) is 9.97 Å². The summed E-state index contributed by atoms with van der Waals surface area (Å²) in [5.74, 6) is 0.454. The van der Waals surface area contributed by atoms with E-state index in [4.69, 9.17) is 16.3 Å². The molecule has 158 valence electrons. The molecule has 3 aromatic heterocycles. The lowest BCUT2D eigenvalue weighted by Gasteiger charge is -2.10. The molecule has 0 saturated heterocycles. The highest BCUT2D eigenvalue weighted by molar-refractivity contribution is 6.28. The standard InChI is InChI=1S/C20H14ClF3N6O/c1-30-10-16(20(22,23)24)28-17(30)13-4-2-12(3-5-13)11-31-18-14(8-27-19(21)29-18)15-9-25-6-7-26-15/h2-10H,11H2,1H3. The fourth-order valence-corrected chi connectivity index (χ4v) is 2.97. The number of hydrogen-bond donors (Lipinski definition) is 0. The molecule has 0 aliphatic heterocycles. The highest BCUT2D eigenvalue weighted by atomic mass is 35.5. The van der Waals surface area contributed by atoms with Crippen LogP contribution in [0.2, 0.25) is 5.28 Å². The molecule has 0 N–H and O–H groups in total. The molecule has 3 heterocycles. The molecular formula is C20H14ClF3N6O. The third-order valence-corrected chi connectivity index (χ3v) is 4.50. The number of alkyl halides is 3. The van der Waals surface area contributed by atoms with Gasteiger partial charge >= 0.3 is 6.18 Å². The number of ether oxygens (including phenoxy) is 1. The summed E-state index contributed by atoms with van der Waals surface area (Å²) in [5, 5.41) is 0.0215. The maximum Gasteiger partial charge on any atom is 0.434 e. The first kappa shape index (κ1) is 20.7. The van der Waals surface area contributed by atoms with E-state index in [0.717, 1.165) is 11.8 Å². The van der Waals surface area contributed by atoms with Crippen LogP contribution in [-0.2, 0) is 19.8 Å². The van der Waals surface area contributed by atoms with Crippen LogP contribution in [0.4, 0.5) is 13.2 Å². The molecule has 0 fully saturated rings. The molecule has 0 saturated carbocycles. The van der Waals surface area contributed by atoms with E-state index in [1.54, 1.807) is 36.7 Å². The molecule has 0 amide bonds. The van der Waals surface area contributed by atoms with Crippen LogP contribution in [-0.4, -0.2) is 29.5 Å². The molecule has 0 spiro atoms. The smallest absolute Gasteiger partial charge is 0.434 e. The second kappa shape index (κ2) is 8.31. The fourth-order valence-electron chi connectivity index (χ4n) is 2.84. The number of imidazole rings is 1. The molecule has 7 nitrogen and oxygen atoms in total. The largest absolute Gasteiger partial charge is 0.472 e. The van der Waals surface area contributed by atoms with Crippen molar-refractivity contribution in [2.75, 3.05) is 0 Å². The van der Waals surface area contributed by atoms with E-state index in [2.05, 4.69) is 24.9 Å². The van der Waals surface area contributed by atoms with Crippen LogP contribution < -0.4 is 4.74 Å². The van der Waals surface area contributed by atoms with Gasteiger partial charge in [0.15, 0.2) is 5.69 Å². The van der Waals surface area contributed by atoms with Crippen molar-refractivity contribution >= 4 is 11.6 Å². The first-order chi connectivity index (χ1) is 14.8. The van der Waals surface area contributed by atoms with E-state index in [0.29, 0.717) is 16.8 Å². The minimum Gasteiger partial charge on any atom is -0.472 e. The minimum atomic E-state index is -4.50. The van der Waals surface area contributed by atoms with Crippen molar-refractivity contribution in [1.82, 2.24) is 29.5 Å². The Morgan fingerprint density at radius 1 is 1.03 bits per heavy atom. The van der Waals surface area contributed by atoms with Gasteiger partial charge in [-0.1, -0.05) is 24.3 Å². The molecule has 0 bridgehead atoms. The average Bonchev–Trinajstić information content (AvgIpc) is 3.15. The zero-order valence-corrected chi connectivity index (χ0v) is 16.8. The molecule has 11 heteroatoms. The maximum absolute atomic E-state index is 12.9. The number of rotatable bonds is 5. The molecule has 31 heavy (non-hydrogen) atoms. The van der Waals surface area contributed by atoms with Crippen molar-refractivity contribution in [2.45, 2.75) is 12.8 Å². The SMILES string of the molecule is Cn1cc(C(F)(F)F)nc1-c1ccc(COc2nc(Cl)ncc2-c2cnccn2)cc1. The zero-order valence-electron chi connectivity index (χ0n) is 16.0. The number of nitrogens with zero attached hydrogens (tertiary/aromatic N) is 6. The predicted molar refractivity (Wildman–Crippen MR) is 106 cm³/mol. The van der Waals surface area contributed by atoms with Crippen LogP contribution in [0.1, 0.15) is 11.3 Å². The molecule has 0 atom stereocenters. The van der Waals surface area contributed by atoms with Crippen molar-refractivity contribution in [3.63, 3.8) is 0 Å². The van der Waals surface area contributed by atoms with Crippen molar-refractivity contribution < 1.29 is 17.9 Å². The summed E-state index contributed by atoms with van der Waals surface area (Å²) in [7, 11) is 1.52. The highest BCUT2D eigenvalue weighted by Crippen LogP contribution is 2.31. The Balaban J connectivity index is 1.53. The first-order valence-corrected chi connectivity index (χ1v) is 9.30. The number of halogens is 4. The van der Waals surface area contributed by atoms with Crippen LogP contribution in [0.25, 0.3) is 22.6 Å². The van der Waals surface area contributed by atoms with Crippen LogP contribution in [0.15, 0.2) is 55.2 Å². The summed E-state index contributed by atoms with van der Waals surface area (Å²) in [6.07, 6.45) is 2.59. The summed E-state index contributed by atoms with van der Waals surface area (Å²) in [5.41, 5.74) is 1.44. The first-order valence-electron chi connectivity index (χ1n) is 8.93. The molecule has 0 aliphatic carbocycles. The van der Waals surface area contributed by atoms with Gasteiger partial charge in [0.1, 0.15) is 12.4 Å². The topological polar surface area (TPSA) is 78.6 Å². The molecule has 0 aliphatic rings. The van der Waals surface area contributed by atoms with E-state index in [9.17, 15) is 13.2 Å². The van der Waals surface area contributed by atoms with Gasteiger partial charge in [0.05, 0.1) is 17.5 Å². The maximum atomic E-state index is 12.9. The quantitative estimate of drug-likeness (QED) is 0.417. The second-order valence-corrected chi connectivity index (χ2v) is 6.83. The van der Waals surface area contributed by atoms with Gasteiger partial charge in [0.2, 0.25) is 11.2 Å². The van der Waals surface area contributed by atoms with E-state index in [1.165, 1.54) is 24.0 Å². The van der Waals surface area contributed by atoms with Gasteiger partial charge in [-0.15, -0.1) is 0 Å². The van der Waals surface area contributed by atoms with Gasteiger partial charge in [-0.25, -0.2) is 9.97 Å². The van der Waals surface area contributed by atoms with Crippen molar-refractivity contribution in [3.05, 3.63) is 71.8 Å².